The lowest BCUT2D eigenvalue weighted by Gasteiger charge is -2.40. The van der Waals surface area contributed by atoms with E-state index in [1.54, 1.807) is 0 Å². The molecule has 1 heterocycles. The van der Waals surface area contributed by atoms with Gasteiger partial charge in [0.05, 0.1) is 11.3 Å². The molecule has 0 aliphatic carbocycles. The molecule has 1 aliphatic heterocycles. The van der Waals surface area contributed by atoms with E-state index in [9.17, 15) is 13.2 Å². The van der Waals surface area contributed by atoms with Crippen molar-refractivity contribution < 1.29 is 13.2 Å². The van der Waals surface area contributed by atoms with Gasteiger partial charge in [-0.05, 0) is 20.3 Å². The number of piperazine rings is 1. The lowest BCUT2D eigenvalue weighted by atomic mass is 9.93. The molecule has 106 valence electrons. The molecule has 0 saturated carbocycles. The molecule has 1 saturated heterocycles. The molecule has 0 aromatic heterocycles. The number of Topliss-reactive ketones (excluding diaryl/α,β-unsaturated/α-hetero) is 1. The highest BCUT2D eigenvalue weighted by Gasteiger charge is 2.34. The molecule has 0 unspecified atom stereocenters. The van der Waals surface area contributed by atoms with Gasteiger partial charge in [-0.25, -0.2) is 8.42 Å². The maximum absolute atomic E-state index is 12.2. The van der Waals surface area contributed by atoms with E-state index in [0.29, 0.717) is 12.8 Å². The number of carbonyl (C=O) groups excluding carboxylic acids is 1. The molecule has 6 heteroatoms. The Morgan fingerprint density at radius 1 is 1.28 bits per heavy atom. The lowest BCUT2D eigenvalue weighted by Crippen LogP contribution is -2.57. The second kappa shape index (κ2) is 6.12. The van der Waals surface area contributed by atoms with Gasteiger partial charge in [-0.15, -0.1) is 0 Å². The lowest BCUT2D eigenvalue weighted by molar-refractivity contribution is -0.129. The molecule has 1 N–H and O–H groups in total. The standard InChI is InChI=1S/C12H24N2O3S/c1-12(2,14-8-6-13-7-9-14)11(15)5-4-10-18(3,16)17/h13H,4-10H2,1-3H3. The summed E-state index contributed by atoms with van der Waals surface area (Å²) in [7, 11) is -2.97. The van der Waals surface area contributed by atoms with Crippen LogP contribution in [-0.4, -0.2) is 62.8 Å². The van der Waals surface area contributed by atoms with Gasteiger partial charge in [0.25, 0.3) is 0 Å². The van der Waals surface area contributed by atoms with Crippen molar-refractivity contribution in [1.82, 2.24) is 10.2 Å². The Hall–Kier alpha value is -0.460. The normalized spacial score (nSPS) is 18.8. The monoisotopic (exact) mass is 276 g/mol. The summed E-state index contributed by atoms with van der Waals surface area (Å²) in [5, 5.41) is 3.26. The van der Waals surface area contributed by atoms with E-state index in [2.05, 4.69) is 10.2 Å². The molecule has 0 atom stereocenters. The van der Waals surface area contributed by atoms with Crippen LogP contribution in [0.2, 0.25) is 0 Å². The number of ketones is 1. The van der Waals surface area contributed by atoms with Gasteiger partial charge in [0.1, 0.15) is 9.84 Å². The van der Waals surface area contributed by atoms with Crippen molar-refractivity contribution >= 4 is 15.6 Å². The minimum Gasteiger partial charge on any atom is -0.314 e. The van der Waals surface area contributed by atoms with Crippen LogP contribution in [0.15, 0.2) is 0 Å². The van der Waals surface area contributed by atoms with E-state index < -0.39 is 15.4 Å². The average Bonchev–Trinajstić information content (AvgIpc) is 2.28. The molecule has 0 aromatic carbocycles. The second-order valence-corrected chi connectivity index (χ2v) is 7.71. The fraction of sp³-hybridized carbons (Fsp3) is 0.917. The first-order valence-electron chi connectivity index (χ1n) is 6.40. The quantitative estimate of drug-likeness (QED) is 0.743. The van der Waals surface area contributed by atoms with Crippen molar-refractivity contribution in [2.45, 2.75) is 32.2 Å². The molecular weight excluding hydrogens is 252 g/mol. The molecule has 0 bridgehead atoms. The summed E-state index contributed by atoms with van der Waals surface area (Å²) in [6.45, 7) is 7.40. The third-order valence-electron chi connectivity index (χ3n) is 3.51. The van der Waals surface area contributed by atoms with Crippen molar-refractivity contribution in [3.63, 3.8) is 0 Å². The molecule has 0 amide bonds. The molecule has 1 aliphatic rings. The zero-order valence-corrected chi connectivity index (χ0v) is 12.3. The van der Waals surface area contributed by atoms with Crippen molar-refractivity contribution in [3.8, 4) is 0 Å². The van der Waals surface area contributed by atoms with Gasteiger partial charge < -0.3 is 5.32 Å². The summed E-state index contributed by atoms with van der Waals surface area (Å²) < 4.78 is 22.1. The number of hydrogen-bond acceptors (Lipinski definition) is 5. The predicted octanol–water partition coefficient (Wildman–Crippen LogP) is 0.0641. The van der Waals surface area contributed by atoms with Crippen LogP contribution in [0, 0.1) is 0 Å². The number of nitrogens with one attached hydrogen (secondary N) is 1. The van der Waals surface area contributed by atoms with Gasteiger partial charge in [0.15, 0.2) is 5.78 Å². The van der Waals surface area contributed by atoms with Crippen LogP contribution in [0.4, 0.5) is 0 Å². The number of rotatable bonds is 6. The topological polar surface area (TPSA) is 66.5 Å². The van der Waals surface area contributed by atoms with Gasteiger partial charge in [0, 0.05) is 38.9 Å². The minimum atomic E-state index is -2.97. The summed E-state index contributed by atoms with van der Waals surface area (Å²) >= 11 is 0. The fourth-order valence-corrected chi connectivity index (χ4v) is 2.87. The van der Waals surface area contributed by atoms with E-state index >= 15 is 0 Å². The Morgan fingerprint density at radius 3 is 2.33 bits per heavy atom. The van der Waals surface area contributed by atoms with Crippen molar-refractivity contribution in [1.29, 1.82) is 0 Å². The number of sulfone groups is 1. The fourth-order valence-electron chi connectivity index (χ4n) is 2.20. The zero-order valence-electron chi connectivity index (χ0n) is 11.5. The van der Waals surface area contributed by atoms with Gasteiger partial charge in [0.2, 0.25) is 0 Å². The molecule has 5 nitrogen and oxygen atoms in total. The van der Waals surface area contributed by atoms with E-state index in [4.69, 9.17) is 0 Å². The molecule has 18 heavy (non-hydrogen) atoms. The van der Waals surface area contributed by atoms with Crippen molar-refractivity contribution in [2.24, 2.45) is 0 Å². The van der Waals surface area contributed by atoms with Crippen LogP contribution >= 0.6 is 0 Å². The first-order chi connectivity index (χ1) is 8.23. The first kappa shape index (κ1) is 15.6. The largest absolute Gasteiger partial charge is 0.314 e. The smallest absolute Gasteiger partial charge is 0.152 e. The third kappa shape index (κ3) is 4.66. The molecule has 1 rings (SSSR count). The Labute approximate surface area is 110 Å². The number of carbonyl (C=O) groups is 1. The van der Waals surface area contributed by atoms with Gasteiger partial charge in [-0.2, -0.15) is 0 Å². The van der Waals surface area contributed by atoms with E-state index in [0.717, 1.165) is 26.2 Å². The molecular formula is C12H24N2O3S. The van der Waals surface area contributed by atoms with E-state index in [1.165, 1.54) is 6.26 Å². The van der Waals surface area contributed by atoms with Gasteiger partial charge >= 0.3 is 0 Å². The summed E-state index contributed by atoms with van der Waals surface area (Å²) in [5.41, 5.74) is -0.487. The molecule has 0 radical (unpaired) electrons. The maximum atomic E-state index is 12.2. The van der Waals surface area contributed by atoms with Gasteiger partial charge in [-0.1, -0.05) is 0 Å². The Balaban J connectivity index is 2.48. The number of hydrogen-bond donors (Lipinski definition) is 1. The third-order valence-corrected chi connectivity index (χ3v) is 4.54. The average molecular weight is 276 g/mol. The maximum Gasteiger partial charge on any atom is 0.152 e. The summed E-state index contributed by atoms with van der Waals surface area (Å²) in [5.74, 6) is 0.226. The number of nitrogens with zero attached hydrogens (tertiary/aromatic N) is 1. The summed E-state index contributed by atoms with van der Waals surface area (Å²) in [4.78, 5) is 14.4. The molecule has 0 aromatic rings. The SMILES string of the molecule is CC(C)(C(=O)CCCS(C)(=O)=O)N1CCNCC1. The Kier molecular flexibility index (Phi) is 5.31. The van der Waals surface area contributed by atoms with Crippen molar-refractivity contribution in [2.75, 3.05) is 38.2 Å². The van der Waals surface area contributed by atoms with Gasteiger partial charge in [-0.3, -0.25) is 9.69 Å². The molecule has 1 fully saturated rings. The van der Waals surface area contributed by atoms with Crippen LogP contribution in [0.5, 0.6) is 0 Å². The van der Waals surface area contributed by atoms with E-state index in [-0.39, 0.29) is 11.5 Å². The summed E-state index contributed by atoms with van der Waals surface area (Å²) in [6, 6.07) is 0. The van der Waals surface area contributed by atoms with Crippen LogP contribution < -0.4 is 5.32 Å². The molecule has 0 spiro atoms. The highest BCUT2D eigenvalue weighted by Crippen LogP contribution is 2.19. The van der Waals surface area contributed by atoms with Crippen molar-refractivity contribution in [3.05, 3.63) is 0 Å². The van der Waals surface area contributed by atoms with Crippen LogP contribution in [0.3, 0.4) is 0 Å². The highest BCUT2D eigenvalue weighted by atomic mass is 32.2. The van der Waals surface area contributed by atoms with Crippen LogP contribution in [0.1, 0.15) is 26.7 Å². The second-order valence-electron chi connectivity index (χ2n) is 5.45. The van der Waals surface area contributed by atoms with Crippen LogP contribution in [0.25, 0.3) is 0 Å². The minimum absolute atomic E-state index is 0.0936. The zero-order chi connectivity index (χ0) is 13.8. The van der Waals surface area contributed by atoms with Crippen LogP contribution in [-0.2, 0) is 14.6 Å². The Morgan fingerprint density at radius 2 is 1.83 bits per heavy atom. The summed E-state index contributed by atoms with van der Waals surface area (Å²) in [6.07, 6.45) is 1.97. The predicted molar refractivity (Wildman–Crippen MR) is 72.5 cm³/mol. The first-order valence-corrected chi connectivity index (χ1v) is 8.46. The highest BCUT2D eigenvalue weighted by molar-refractivity contribution is 7.90. The van der Waals surface area contributed by atoms with E-state index in [1.807, 2.05) is 13.8 Å². The Bertz CT molecular complexity index is 384.